The summed E-state index contributed by atoms with van der Waals surface area (Å²) in [6.07, 6.45) is 2.70. The average molecular weight is 539 g/mol. The number of alkyl halides is 2. The van der Waals surface area contributed by atoms with Gasteiger partial charge >= 0.3 is 12.1 Å². The first-order valence-corrected chi connectivity index (χ1v) is 12.9. The molecule has 0 aliphatic carbocycles. The Morgan fingerprint density at radius 3 is 2.76 bits per heavy atom. The van der Waals surface area contributed by atoms with Gasteiger partial charge in [-0.15, -0.1) is 11.3 Å². The molecular formula is C23H32F2N8O3S. The number of hydrogen-bond donors (Lipinski definition) is 2. The minimum absolute atomic E-state index is 0.00920. The minimum Gasteiger partial charge on any atom is -0.391 e. The van der Waals surface area contributed by atoms with E-state index in [2.05, 4.69) is 37.4 Å². The number of aryl methyl sites for hydroxylation is 1. The molecule has 3 amide bonds. The fourth-order valence-electron chi connectivity index (χ4n) is 4.59. The van der Waals surface area contributed by atoms with Gasteiger partial charge in [0.25, 0.3) is 5.92 Å². The van der Waals surface area contributed by atoms with Gasteiger partial charge in [0, 0.05) is 62.5 Å². The van der Waals surface area contributed by atoms with Crippen molar-refractivity contribution in [3.63, 3.8) is 0 Å². The van der Waals surface area contributed by atoms with Crippen LogP contribution in [0.4, 0.5) is 29.4 Å². The van der Waals surface area contributed by atoms with E-state index in [9.17, 15) is 18.4 Å². The molecule has 2 aliphatic heterocycles. The first-order valence-electron chi connectivity index (χ1n) is 12.1. The van der Waals surface area contributed by atoms with Crippen LogP contribution in [0.3, 0.4) is 0 Å². The number of nitrogens with zero attached hydrogens (tertiary/aromatic N) is 6. The molecule has 2 aliphatic rings. The van der Waals surface area contributed by atoms with Crippen LogP contribution in [-0.4, -0.2) is 95.2 Å². The Morgan fingerprint density at radius 1 is 1.27 bits per heavy atom. The summed E-state index contributed by atoms with van der Waals surface area (Å²) in [6, 6.07) is -0.680. The van der Waals surface area contributed by atoms with Crippen molar-refractivity contribution in [2.45, 2.75) is 44.7 Å². The molecule has 2 aromatic heterocycles. The second kappa shape index (κ2) is 11.1. The summed E-state index contributed by atoms with van der Waals surface area (Å²) in [5, 5.41) is 5.79. The van der Waals surface area contributed by atoms with Crippen LogP contribution in [0.5, 0.6) is 5.88 Å². The Kier molecular flexibility index (Phi) is 8.07. The Balaban J connectivity index is 1.39. The number of carbonyl (C=O) groups excluding carboxylic acids is 2. The molecule has 3 atom stereocenters. The summed E-state index contributed by atoms with van der Waals surface area (Å²) in [5.74, 6) is -2.68. The standard InChI is InChI=1S/C23H32F2N8O3S/c1-14-12-31(3)9-6-16(14)28-22(35)36-18-5-8-26-19(29-18)33-10-7-23(24,25)17(13-33)32(4)21(34)30-20-27-11-15(2)37-20/h5,8,11,14,16-17H,6-7,9-10,12-13H2,1-4H3,(H,28,35)(H,27,30,34)/t14-,16+,17-/m0/s1. The van der Waals surface area contributed by atoms with Crippen LogP contribution in [0.25, 0.3) is 0 Å². The maximum Gasteiger partial charge on any atom is 0.414 e. The predicted molar refractivity (Wildman–Crippen MR) is 135 cm³/mol. The number of aromatic nitrogens is 3. The quantitative estimate of drug-likeness (QED) is 0.597. The zero-order valence-corrected chi connectivity index (χ0v) is 22.1. The summed E-state index contributed by atoms with van der Waals surface area (Å²) in [5.41, 5.74) is 0. The number of hydrogen-bond acceptors (Lipinski definition) is 9. The van der Waals surface area contributed by atoms with Gasteiger partial charge in [0.15, 0.2) is 5.13 Å². The highest BCUT2D eigenvalue weighted by molar-refractivity contribution is 7.15. The molecule has 0 radical (unpaired) electrons. The van der Waals surface area contributed by atoms with E-state index in [0.717, 1.165) is 29.3 Å². The van der Waals surface area contributed by atoms with Crippen LogP contribution in [-0.2, 0) is 0 Å². The number of urea groups is 1. The van der Waals surface area contributed by atoms with Crippen molar-refractivity contribution in [3.05, 3.63) is 23.3 Å². The summed E-state index contributed by atoms with van der Waals surface area (Å²) < 4.78 is 35.1. The Hall–Kier alpha value is -3.13. The Bertz CT molecular complexity index is 1120. The van der Waals surface area contributed by atoms with E-state index in [-0.39, 0.29) is 36.9 Å². The molecule has 0 aromatic carbocycles. The molecule has 0 bridgehead atoms. The average Bonchev–Trinajstić information content (AvgIpc) is 3.24. The lowest BCUT2D eigenvalue weighted by molar-refractivity contribution is -0.0760. The molecule has 11 nitrogen and oxygen atoms in total. The predicted octanol–water partition coefficient (Wildman–Crippen LogP) is 3.05. The molecule has 2 saturated heterocycles. The van der Waals surface area contributed by atoms with Crippen LogP contribution in [0, 0.1) is 12.8 Å². The van der Waals surface area contributed by atoms with Crippen LogP contribution < -0.4 is 20.3 Å². The largest absolute Gasteiger partial charge is 0.414 e. The summed E-state index contributed by atoms with van der Waals surface area (Å²) in [4.78, 5) is 43.3. The maximum atomic E-state index is 14.9. The number of rotatable bonds is 5. The van der Waals surface area contributed by atoms with Crippen molar-refractivity contribution in [2.24, 2.45) is 5.92 Å². The second-order valence-corrected chi connectivity index (χ2v) is 10.9. The van der Waals surface area contributed by atoms with Gasteiger partial charge in [-0.1, -0.05) is 6.92 Å². The van der Waals surface area contributed by atoms with Gasteiger partial charge in [-0.3, -0.25) is 5.32 Å². The molecule has 2 fully saturated rings. The highest BCUT2D eigenvalue weighted by Crippen LogP contribution is 2.33. The lowest BCUT2D eigenvalue weighted by atomic mass is 9.94. The SMILES string of the molecule is Cc1cnc(NC(=O)N(C)[C@H]2CN(c3nccc(OC(=O)N[C@@H]4CCN(C)C[C@@H]4C)n3)CCC2(F)F)s1. The summed E-state index contributed by atoms with van der Waals surface area (Å²) >= 11 is 1.26. The number of likely N-dealkylation sites (tertiary alicyclic amines) is 1. The zero-order valence-electron chi connectivity index (χ0n) is 21.3. The van der Waals surface area contributed by atoms with Gasteiger partial charge in [-0.2, -0.15) is 4.98 Å². The fraction of sp³-hybridized carbons (Fsp3) is 0.609. The third kappa shape index (κ3) is 6.60. The van der Waals surface area contributed by atoms with E-state index in [1.165, 1.54) is 30.6 Å². The molecule has 37 heavy (non-hydrogen) atoms. The van der Waals surface area contributed by atoms with Gasteiger partial charge < -0.3 is 24.8 Å². The van der Waals surface area contributed by atoms with Crippen molar-refractivity contribution in [2.75, 3.05) is 50.5 Å². The summed E-state index contributed by atoms with van der Waals surface area (Å²) in [7, 11) is 3.37. The third-order valence-electron chi connectivity index (χ3n) is 6.73. The van der Waals surface area contributed by atoms with Gasteiger partial charge in [0.1, 0.15) is 6.04 Å². The second-order valence-electron chi connectivity index (χ2n) is 9.65. The maximum absolute atomic E-state index is 14.9. The number of piperidine rings is 2. The Morgan fingerprint density at radius 2 is 2.05 bits per heavy atom. The fourth-order valence-corrected chi connectivity index (χ4v) is 5.25. The molecular weight excluding hydrogens is 506 g/mol. The number of carbonyl (C=O) groups is 2. The van der Waals surface area contributed by atoms with Gasteiger partial charge in [0.05, 0.1) is 0 Å². The molecule has 0 unspecified atom stereocenters. The number of likely N-dealkylation sites (N-methyl/N-ethyl adjacent to an activating group) is 1. The topological polar surface area (TPSA) is 116 Å². The molecule has 0 saturated carbocycles. The zero-order chi connectivity index (χ0) is 26.7. The smallest absolute Gasteiger partial charge is 0.391 e. The molecule has 2 aromatic rings. The molecule has 4 rings (SSSR count). The van der Waals surface area contributed by atoms with Crippen LogP contribution >= 0.6 is 11.3 Å². The van der Waals surface area contributed by atoms with Gasteiger partial charge in [-0.25, -0.2) is 28.3 Å². The van der Waals surface area contributed by atoms with Crippen molar-refractivity contribution < 1.29 is 23.1 Å². The van der Waals surface area contributed by atoms with Crippen LogP contribution in [0.1, 0.15) is 24.6 Å². The van der Waals surface area contributed by atoms with Crippen molar-refractivity contribution in [1.82, 2.24) is 30.1 Å². The molecule has 14 heteroatoms. The first kappa shape index (κ1) is 26.9. The van der Waals surface area contributed by atoms with E-state index in [4.69, 9.17) is 4.74 Å². The monoisotopic (exact) mass is 538 g/mol. The van der Waals surface area contributed by atoms with E-state index in [0.29, 0.717) is 5.13 Å². The summed E-state index contributed by atoms with van der Waals surface area (Å²) in [6.45, 7) is 5.44. The molecule has 0 spiro atoms. The van der Waals surface area contributed by atoms with Crippen molar-refractivity contribution in [1.29, 1.82) is 0 Å². The lowest BCUT2D eigenvalue weighted by Gasteiger charge is -2.42. The molecule has 4 heterocycles. The van der Waals surface area contributed by atoms with Crippen molar-refractivity contribution in [3.8, 4) is 5.88 Å². The number of anilines is 2. The van der Waals surface area contributed by atoms with E-state index < -0.39 is 30.5 Å². The number of thiazole rings is 1. The number of nitrogens with one attached hydrogen (secondary N) is 2. The number of ether oxygens (including phenoxy) is 1. The molecule has 2 N–H and O–H groups in total. The van der Waals surface area contributed by atoms with Crippen molar-refractivity contribution >= 4 is 34.5 Å². The van der Waals surface area contributed by atoms with E-state index in [1.54, 1.807) is 11.1 Å². The van der Waals surface area contributed by atoms with E-state index >= 15 is 0 Å². The highest BCUT2D eigenvalue weighted by atomic mass is 32.1. The normalized spacial score (nSPS) is 23.8. The van der Waals surface area contributed by atoms with Crippen LogP contribution in [0.15, 0.2) is 18.5 Å². The number of amides is 3. The number of halogens is 2. The van der Waals surface area contributed by atoms with Gasteiger partial charge in [0.2, 0.25) is 11.8 Å². The molecule has 202 valence electrons. The highest BCUT2D eigenvalue weighted by Gasteiger charge is 2.48. The minimum atomic E-state index is -3.11. The lowest BCUT2D eigenvalue weighted by Crippen LogP contribution is -2.60. The Labute approximate surface area is 218 Å². The third-order valence-corrected chi connectivity index (χ3v) is 7.56. The van der Waals surface area contributed by atoms with Crippen LogP contribution in [0.2, 0.25) is 0 Å². The van der Waals surface area contributed by atoms with E-state index in [1.807, 2.05) is 14.0 Å². The van der Waals surface area contributed by atoms with Gasteiger partial charge in [-0.05, 0) is 32.9 Å². The first-order chi connectivity index (χ1) is 17.5.